The van der Waals surface area contributed by atoms with Gasteiger partial charge in [-0.25, -0.2) is 0 Å². The lowest BCUT2D eigenvalue weighted by molar-refractivity contribution is -0.139. The van der Waals surface area contributed by atoms with Crippen molar-refractivity contribution in [1.29, 1.82) is 0 Å². The van der Waals surface area contributed by atoms with Crippen molar-refractivity contribution in [2.75, 3.05) is 20.2 Å². The zero-order valence-electron chi connectivity index (χ0n) is 10.7. The molecule has 104 valence electrons. The van der Waals surface area contributed by atoms with Crippen molar-refractivity contribution >= 4 is 35.6 Å². The highest BCUT2D eigenvalue weighted by Gasteiger charge is 2.13. The Labute approximate surface area is 124 Å². The van der Waals surface area contributed by atoms with Crippen LogP contribution in [0.2, 0.25) is 5.02 Å². The summed E-state index contributed by atoms with van der Waals surface area (Å²) in [5.41, 5.74) is 3.30. The molecular formula is C14H17Cl2NO2. The summed E-state index contributed by atoms with van der Waals surface area (Å²) >= 11 is 6.00. The monoisotopic (exact) mass is 301 g/mol. The van der Waals surface area contributed by atoms with Crippen LogP contribution in [0.5, 0.6) is 0 Å². The average molecular weight is 302 g/mol. The fourth-order valence-electron chi connectivity index (χ4n) is 2.12. The van der Waals surface area contributed by atoms with Gasteiger partial charge in [0.2, 0.25) is 0 Å². The quantitative estimate of drug-likeness (QED) is 0.873. The number of nitrogens with one attached hydrogen (secondary N) is 1. The number of carbonyl (C=O) groups excluding carboxylic acids is 1. The standard InChI is InChI=1S/C14H16ClNO2.ClH/c1-18-14(17)9-11-8-12(15)2-3-13(11)10-4-6-16-7-5-10;/h2-4,8,16H,5-7,9H2,1H3;1H. The van der Waals surface area contributed by atoms with Crippen LogP contribution in [0.25, 0.3) is 5.57 Å². The lowest BCUT2D eigenvalue weighted by atomic mass is 9.94. The number of hydrogen-bond donors (Lipinski definition) is 1. The molecule has 1 aromatic carbocycles. The van der Waals surface area contributed by atoms with Crippen molar-refractivity contribution in [1.82, 2.24) is 5.32 Å². The van der Waals surface area contributed by atoms with Crippen LogP contribution in [0.3, 0.4) is 0 Å². The fraction of sp³-hybridized carbons (Fsp3) is 0.357. The second-order valence-electron chi connectivity index (χ2n) is 4.24. The molecule has 0 aromatic heterocycles. The zero-order chi connectivity index (χ0) is 13.0. The smallest absolute Gasteiger partial charge is 0.310 e. The Morgan fingerprint density at radius 2 is 2.26 bits per heavy atom. The maximum absolute atomic E-state index is 11.4. The van der Waals surface area contributed by atoms with Gasteiger partial charge in [0, 0.05) is 11.6 Å². The van der Waals surface area contributed by atoms with E-state index in [0.717, 1.165) is 30.6 Å². The van der Waals surface area contributed by atoms with Crippen LogP contribution in [0.15, 0.2) is 24.3 Å². The SMILES string of the molecule is COC(=O)Cc1cc(Cl)ccc1C1=CCNCC1.Cl. The number of rotatable bonds is 3. The molecule has 0 bridgehead atoms. The van der Waals surface area contributed by atoms with E-state index < -0.39 is 0 Å². The van der Waals surface area contributed by atoms with Crippen molar-refractivity contribution in [2.45, 2.75) is 12.8 Å². The van der Waals surface area contributed by atoms with Gasteiger partial charge in [0.1, 0.15) is 0 Å². The van der Waals surface area contributed by atoms with E-state index in [0.29, 0.717) is 5.02 Å². The number of ether oxygens (including phenoxy) is 1. The van der Waals surface area contributed by atoms with Gasteiger partial charge in [-0.3, -0.25) is 4.79 Å². The van der Waals surface area contributed by atoms with Gasteiger partial charge in [-0.05, 0) is 41.8 Å². The van der Waals surface area contributed by atoms with Gasteiger partial charge in [-0.1, -0.05) is 23.7 Å². The summed E-state index contributed by atoms with van der Waals surface area (Å²) in [6.45, 7) is 1.84. The molecule has 19 heavy (non-hydrogen) atoms. The van der Waals surface area contributed by atoms with Crippen molar-refractivity contribution < 1.29 is 9.53 Å². The van der Waals surface area contributed by atoms with E-state index >= 15 is 0 Å². The number of halogens is 2. The Balaban J connectivity index is 0.00000180. The highest BCUT2D eigenvalue weighted by atomic mass is 35.5. The molecule has 1 aliphatic heterocycles. The number of hydrogen-bond acceptors (Lipinski definition) is 3. The molecule has 5 heteroatoms. The third kappa shape index (κ3) is 4.23. The van der Waals surface area contributed by atoms with E-state index in [-0.39, 0.29) is 24.8 Å². The molecule has 0 saturated carbocycles. The van der Waals surface area contributed by atoms with E-state index in [1.54, 1.807) is 0 Å². The highest BCUT2D eigenvalue weighted by molar-refractivity contribution is 6.30. The fourth-order valence-corrected chi connectivity index (χ4v) is 2.31. The van der Waals surface area contributed by atoms with Crippen molar-refractivity contribution in [3.05, 3.63) is 40.4 Å². The normalized spacial score (nSPS) is 14.3. The Morgan fingerprint density at radius 3 is 2.89 bits per heavy atom. The van der Waals surface area contributed by atoms with E-state index in [1.165, 1.54) is 12.7 Å². The van der Waals surface area contributed by atoms with Gasteiger partial charge in [0.05, 0.1) is 13.5 Å². The lowest BCUT2D eigenvalue weighted by Crippen LogP contribution is -2.20. The molecule has 0 radical (unpaired) electrons. The highest BCUT2D eigenvalue weighted by Crippen LogP contribution is 2.26. The van der Waals surface area contributed by atoms with E-state index in [9.17, 15) is 4.79 Å². The molecule has 0 aliphatic carbocycles. The molecular weight excluding hydrogens is 285 g/mol. The molecule has 1 aliphatic rings. The van der Waals surface area contributed by atoms with Crippen molar-refractivity contribution in [2.24, 2.45) is 0 Å². The van der Waals surface area contributed by atoms with Crippen LogP contribution < -0.4 is 5.32 Å². The molecule has 3 nitrogen and oxygen atoms in total. The van der Waals surface area contributed by atoms with E-state index in [2.05, 4.69) is 11.4 Å². The van der Waals surface area contributed by atoms with Gasteiger partial charge >= 0.3 is 5.97 Å². The summed E-state index contributed by atoms with van der Waals surface area (Å²) in [7, 11) is 1.40. The van der Waals surface area contributed by atoms with Crippen LogP contribution in [0.1, 0.15) is 17.5 Å². The maximum Gasteiger partial charge on any atom is 0.310 e. The third-order valence-electron chi connectivity index (χ3n) is 3.04. The maximum atomic E-state index is 11.4. The topological polar surface area (TPSA) is 38.3 Å². The number of benzene rings is 1. The first kappa shape index (κ1) is 16.0. The zero-order valence-corrected chi connectivity index (χ0v) is 12.3. The molecule has 0 saturated heterocycles. The third-order valence-corrected chi connectivity index (χ3v) is 3.27. The first-order chi connectivity index (χ1) is 8.70. The van der Waals surface area contributed by atoms with Crippen LogP contribution in [-0.4, -0.2) is 26.2 Å². The molecule has 0 amide bonds. The summed E-state index contributed by atoms with van der Waals surface area (Å²) in [4.78, 5) is 11.4. The van der Waals surface area contributed by atoms with Crippen LogP contribution in [-0.2, 0) is 16.0 Å². The molecule has 1 N–H and O–H groups in total. The Kier molecular flexibility index (Phi) is 6.35. The molecule has 0 atom stereocenters. The minimum absolute atomic E-state index is 0. The molecule has 1 heterocycles. The van der Waals surface area contributed by atoms with Crippen LogP contribution in [0.4, 0.5) is 0 Å². The second-order valence-corrected chi connectivity index (χ2v) is 4.67. The molecule has 0 unspecified atom stereocenters. The van der Waals surface area contributed by atoms with Crippen LogP contribution in [0, 0.1) is 0 Å². The Bertz CT molecular complexity index is 486. The number of esters is 1. The summed E-state index contributed by atoms with van der Waals surface area (Å²) in [6, 6.07) is 5.69. The lowest BCUT2D eigenvalue weighted by Gasteiger charge is -2.17. The summed E-state index contributed by atoms with van der Waals surface area (Å²) < 4.78 is 4.72. The second kappa shape index (κ2) is 7.53. The van der Waals surface area contributed by atoms with Crippen molar-refractivity contribution in [3.63, 3.8) is 0 Å². The van der Waals surface area contributed by atoms with Gasteiger partial charge < -0.3 is 10.1 Å². The first-order valence-corrected chi connectivity index (χ1v) is 6.34. The van der Waals surface area contributed by atoms with Crippen molar-refractivity contribution in [3.8, 4) is 0 Å². The van der Waals surface area contributed by atoms with Crippen LogP contribution >= 0.6 is 24.0 Å². The van der Waals surface area contributed by atoms with E-state index in [4.69, 9.17) is 16.3 Å². The molecule has 0 spiro atoms. The minimum Gasteiger partial charge on any atom is -0.469 e. The number of methoxy groups -OCH3 is 1. The predicted octanol–water partition coefficient (Wildman–Crippen LogP) is 2.85. The molecule has 0 fully saturated rings. The van der Waals surface area contributed by atoms with Gasteiger partial charge in [0.15, 0.2) is 0 Å². The average Bonchev–Trinajstić information content (AvgIpc) is 2.40. The van der Waals surface area contributed by atoms with Gasteiger partial charge in [0.25, 0.3) is 0 Å². The summed E-state index contributed by atoms with van der Waals surface area (Å²) in [6.07, 6.45) is 3.39. The molecule has 2 rings (SSSR count). The summed E-state index contributed by atoms with van der Waals surface area (Å²) in [5.74, 6) is -0.243. The molecule has 1 aromatic rings. The summed E-state index contributed by atoms with van der Waals surface area (Å²) in [5, 5.41) is 3.92. The number of carbonyl (C=O) groups is 1. The van der Waals surface area contributed by atoms with Gasteiger partial charge in [-0.15, -0.1) is 12.4 Å². The van der Waals surface area contributed by atoms with E-state index in [1.807, 2.05) is 18.2 Å². The Morgan fingerprint density at radius 1 is 1.47 bits per heavy atom. The first-order valence-electron chi connectivity index (χ1n) is 5.96. The largest absolute Gasteiger partial charge is 0.469 e. The minimum atomic E-state index is -0.243. The Hall–Kier alpha value is -1.03. The predicted molar refractivity (Wildman–Crippen MR) is 79.9 cm³/mol. The van der Waals surface area contributed by atoms with Gasteiger partial charge in [-0.2, -0.15) is 0 Å².